The van der Waals surface area contributed by atoms with Crippen LogP contribution in [-0.2, 0) is 14.8 Å². The molecule has 6 nitrogen and oxygen atoms in total. The number of amides is 1. The van der Waals surface area contributed by atoms with E-state index in [0.29, 0.717) is 38.2 Å². The molecule has 0 spiro atoms. The minimum absolute atomic E-state index is 0.171. The van der Waals surface area contributed by atoms with Crippen LogP contribution in [0, 0.1) is 0 Å². The highest BCUT2D eigenvalue weighted by molar-refractivity contribution is 9.10. The number of benzene rings is 2. The first-order chi connectivity index (χ1) is 13.4. The normalized spacial score (nSPS) is 14.8. The van der Waals surface area contributed by atoms with E-state index in [4.69, 9.17) is 4.74 Å². The average Bonchev–Trinajstić information content (AvgIpc) is 3.22. The molecule has 28 heavy (non-hydrogen) atoms. The summed E-state index contributed by atoms with van der Waals surface area (Å²) in [5, 5.41) is 2.77. The lowest BCUT2D eigenvalue weighted by molar-refractivity contribution is -0.116. The molecule has 0 bridgehead atoms. The summed E-state index contributed by atoms with van der Waals surface area (Å²) in [5.41, 5.74) is 0.485. The first-order valence-electron chi connectivity index (χ1n) is 9.23. The number of anilines is 1. The lowest BCUT2D eigenvalue weighted by Crippen LogP contribution is -2.27. The highest BCUT2D eigenvalue weighted by Gasteiger charge is 2.27. The molecule has 8 heteroatoms. The first kappa shape index (κ1) is 20.8. The predicted molar refractivity (Wildman–Crippen MR) is 112 cm³/mol. The Balaban J connectivity index is 1.49. The molecule has 1 fully saturated rings. The molecule has 3 rings (SSSR count). The number of rotatable bonds is 8. The number of nitrogens with one attached hydrogen (secondary N) is 1. The number of ether oxygens (including phenoxy) is 1. The zero-order valence-corrected chi connectivity index (χ0v) is 17.8. The Labute approximate surface area is 174 Å². The van der Waals surface area contributed by atoms with E-state index in [2.05, 4.69) is 21.2 Å². The number of halogens is 1. The van der Waals surface area contributed by atoms with E-state index in [1.54, 1.807) is 18.2 Å². The van der Waals surface area contributed by atoms with Gasteiger partial charge >= 0.3 is 0 Å². The topological polar surface area (TPSA) is 75.7 Å². The molecule has 1 amide bonds. The maximum atomic E-state index is 12.6. The molecular weight excluding hydrogens is 444 g/mol. The van der Waals surface area contributed by atoms with Crippen LogP contribution in [0.25, 0.3) is 0 Å². The molecular formula is C20H23BrN2O4S. The third kappa shape index (κ3) is 5.56. The number of carbonyl (C=O) groups is 1. The number of hydrogen-bond acceptors (Lipinski definition) is 4. The molecule has 0 atom stereocenters. The molecule has 0 saturated carbocycles. The number of carbonyl (C=O) groups excluding carboxylic acids is 1. The lowest BCUT2D eigenvalue weighted by Gasteiger charge is -2.16. The Hall–Kier alpha value is -1.90. The second-order valence-electron chi connectivity index (χ2n) is 6.59. The summed E-state index contributed by atoms with van der Waals surface area (Å²) in [5.74, 6) is 0.582. The summed E-state index contributed by atoms with van der Waals surface area (Å²) in [4.78, 5) is 12.4. The van der Waals surface area contributed by atoms with E-state index >= 15 is 0 Å². The number of sulfonamides is 1. The van der Waals surface area contributed by atoms with E-state index in [9.17, 15) is 13.2 Å². The standard InChI is InChI=1S/C20H23BrN2O4S/c21-16-8-10-18(11-9-16)27-14-4-7-20(24)22-17-5-3-6-19(15-17)28(25,26)23-12-1-2-13-23/h3,5-6,8-11,15H,1-2,4,7,12-14H2,(H,22,24). The molecule has 1 aliphatic rings. The van der Waals surface area contributed by atoms with Gasteiger partial charge in [0.05, 0.1) is 11.5 Å². The molecule has 2 aromatic carbocycles. The van der Waals surface area contributed by atoms with Gasteiger partial charge in [-0.3, -0.25) is 4.79 Å². The van der Waals surface area contributed by atoms with Gasteiger partial charge in [0.2, 0.25) is 15.9 Å². The van der Waals surface area contributed by atoms with Gasteiger partial charge in [-0.05, 0) is 61.7 Å². The summed E-state index contributed by atoms with van der Waals surface area (Å²) in [6, 6.07) is 13.9. The van der Waals surface area contributed by atoms with Crippen molar-refractivity contribution in [2.75, 3.05) is 25.0 Å². The highest BCUT2D eigenvalue weighted by Crippen LogP contribution is 2.23. The average molecular weight is 467 g/mol. The van der Waals surface area contributed by atoms with Crippen LogP contribution in [-0.4, -0.2) is 38.3 Å². The van der Waals surface area contributed by atoms with E-state index in [1.807, 2.05) is 24.3 Å². The predicted octanol–water partition coefficient (Wildman–Crippen LogP) is 4.03. The Morgan fingerprint density at radius 2 is 1.82 bits per heavy atom. The van der Waals surface area contributed by atoms with Crippen molar-refractivity contribution in [2.24, 2.45) is 0 Å². The van der Waals surface area contributed by atoms with Gasteiger partial charge in [-0.2, -0.15) is 4.31 Å². The van der Waals surface area contributed by atoms with Crippen molar-refractivity contribution in [1.29, 1.82) is 0 Å². The van der Waals surface area contributed by atoms with Crippen molar-refractivity contribution < 1.29 is 17.9 Å². The van der Waals surface area contributed by atoms with Crippen molar-refractivity contribution in [3.63, 3.8) is 0 Å². The van der Waals surface area contributed by atoms with E-state index in [-0.39, 0.29) is 10.8 Å². The largest absolute Gasteiger partial charge is 0.494 e. The summed E-state index contributed by atoms with van der Waals surface area (Å²) in [6.45, 7) is 1.53. The molecule has 1 saturated heterocycles. The van der Waals surface area contributed by atoms with Gasteiger partial charge in [-0.15, -0.1) is 0 Å². The quantitative estimate of drug-likeness (QED) is 0.595. The van der Waals surface area contributed by atoms with Crippen LogP contribution in [0.3, 0.4) is 0 Å². The zero-order valence-electron chi connectivity index (χ0n) is 15.4. The summed E-state index contributed by atoms with van der Waals surface area (Å²) < 4.78 is 33.3. The molecule has 1 heterocycles. The SMILES string of the molecule is O=C(CCCOc1ccc(Br)cc1)Nc1cccc(S(=O)(=O)N2CCCC2)c1. The van der Waals surface area contributed by atoms with Crippen molar-refractivity contribution in [3.8, 4) is 5.75 Å². The van der Waals surface area contributed by atoms with E-state index < -0.39 is 10.0 Å². The number of nitrogens with zero attached hydrogens (tertiary/aromatic N) is 1. The zero-order chi connectivity index (χ0) is 20.0. The van der Waals surface area contributed by atoms with Gasteiger partial charge in [0, 0.05) is 29.7 Å². The van der Waals surface area contributed by atoms with Gasteiger partial charge in [0.15, 0.2) is 0 Å². The fraction of sp³-hybridized carbons (Fsp3) is 0.350. The third-order valence-electron chi connectivity index (χ3n) is 4.45. The van der Waals surface area contributed by atoms with Gasteiger partial charge < -0.3 is 10.1 Å². The molecule has 0 radical (unpaired) electrons. The fourth-order valence-electron chi connectivity index (χ4n) is 2.99. The van der Waals surface area contributed by atoms with Crippen molar-refractivity contribution >= 4 is 37.5 Å². The van der Waals surface area contributed by atoms with Crippen LogP contribution < -0.4 is 10.1 Å². The van der Waals surface area contributed by atoms with E-state index in [1.165, 1.54) is 10.4 Å². The minimum Gasteiger partial charge on any atom is -0.494 e. The van der Waals surface area contributed by atoms with Gasteiger partial charge in [-0.1, -0.05) is 22.0 Å². The molecule has 0 unspecified atom stereocenters. The van der Waals surface area contributed by atoms with Crippen molar-refractivity contribution in [1.82, 2.24) is 4.31 Å². The van der Waals surface area contributed by atoms with Crippen molar-refractivity contribution in [2.45, 2.75) is 30.6 Å². The molecule has 0 aromatic heterocycles. The van der Waals surface area contributed by atoms with Crippen LogP contribution in [0.5, 0.6) is 5.75 Å². The van der Waals surface area contributed by atoms with Gasteiger partial charge in [-0.25, -0.2) is 8.42 Å². The van der Waals surface area contributed by atoms with Gasteiger partial charge in [0.1, 0.15) is 5.75 Å². The molecule has 150 valence electrons. The van der Waals surface area contributed by atoms with E-state index in [0.717, 1.165) is 23.1 Å². The summed E-state index contributed by atoms with van der Waals surface area (Å²) >= 11 is 3.37. The molecule has 2 aromatic rings. The third-order valence-corrected chi connectivity index (χ3v) is 6.87. The maximum Gasteiger partial charge on any atom is 0.243 e. The maximum absolute atomic E-state index is 12.6. The Kier molecular flexibility index (Phi) is 7.09. The Morgan fingerprint density at radius 1 is 1.11 bits per heavy atom. The molecule has 1 N–H and O–H groups in total. The summed E-state index contributed by atoms with van der Waals surface area (Å²) in [7, 11) is -3.49. The van der Waals surface area contributed by atoms with Crippen LogP contribution >= 0.6 is 15.9 Å². The van der Waals surface area contributed by atoms with Crippen LogP contribution in [0.15, 0.2) is 57.9 Å². The second-order valence-corrected chi connectivity index (χ2v) is 9.45. The second kappa shape index (κ2) is 9.54. The Bertz CT molecular complexity index is 910. The number of hydrogen-bond donors (Lipinski definition) is 1. The molecule has 1 aliphatic heterocycles. The smallest absolute Gasteiger partial charge is 0.243 e. The minimum atomic E-state index is -3.49. The Morgan fingerprint density at radius 3 is 2.54 bits per heavy atom. The summed E-state index contributed by atoms with van der Waals surface area (Å²) in [6.07, 6.45) is 2.63. The van der Waals surface area contributed by atoms with Crippen LogP contribution in [0.1, 0.15) is 25.7 Å². The first-order valence-corrected chi connectivity index (χ1v) is 11.5. The van der Waals surface area contributed by atoms with Crippen LogP contribution in [0.4, 0.5) is 5.69 Å². The highest BCUT2D eigenvalue weighted by atomic mass is 79.9. The van der Waals surface area contributed by atoms with Crippen LogP contribution in [0.2, 0.25) is 0 Å². The monoisotopic (exact) mass is 466 g/mol. The van der Waals surface area contributed by atoms with Gasteiger partial charge in [0.25, 0.3) is 0 Å². The van der Waals surface area contributed by atoms with Crippen molar-refractivity contribution in [3.05, 3.63) is 53.0 Å². The fourth-order valence-corrected chi connectivity index (χ4v) is 4.82. The molecule has 0 aliphatic carbocycles. The lowest BCUT2D eigenvalue weighted by atomic mass is 10.2.